The molecular weight excluding hydrogens is 236 g/mol. The molecule has 0 aliphatic heterocycles. The van der Waals surface area contributed by atoms with E-state index in [9.17, 15) is 9.59 Å². The van der Waals surface area contributed by atoms with Crippen LogP contribution in [0.3, 0.4) is 0 Å². The van der Waals surface area contributed by atoms with E-state index < -0.39 is 16.6 Å². The highest BCUT2D eigenvalue weighted by molar-refractivity contribution is 8.01. The molecule has 0 aromatic heterocycles. The molecule has 1 aromatic rings. The highest BCUT2D eigenvalue weighted by Crippen LogP contribution is 2.39. The van der Waals surface area contributed by atoms with Crippen LogP contribution < -0.4 is 11.5 Å². The van der Waals surface area contributed by atoms with Crippen LogP contribution in [0.25, 0.3) is 0 Å². The summed E-state index contributed by atoms with van der Waals surface area (Å²) in [5, 5.41) is 0. The molecule has 0 unspecified atom stereocenters. The molecule has 0 aliphatic carbocycles. The lowest BCUT2D eigenvalue weighted by Crippen LogP contribution is -2.39. The molecule has 5 heteroatoms. The lowest BCUT2D eigenvalue weighted by atomic mass is 9.95. The second kappa shape index (κ2) is 5.72. The number of amides is 2. The van der Waals surface area contributed by atoms with Gasteiger partial charge in [-0.3, -0.25) is 9.59 Å². The second-order valence-corrected chi connectivity index (χ2v) is 4.94. The van der Waals surface area contributed by atoms with Crippen molar-refractivity contribution in [3.63, 3.8) is 0 Å². The summed E-state index contributed by atoms with van der Waals surface area (Å²) >= 11 is 1.19. The quantitative estimate of drug-likeness (QED) is 0.791. The Morgan fingerprint density at radius 2 is 1.82 bits per heavy atom. The highest BCUT2D eigenvalue weighted by atomic mass is 32.2. The number of hydrogen-bond acceptors (Lipinski definition) is 3. The van der Waals surface area contributed by atoms with Crippen molar-refractivity contribution >= 4 is 23.6 Å². The monoisotopic (exact) mass is 252 g/mol. The molecule has 0 fully saturated rings. The fraction of sp³-hybridized carbons (Fsp3) is 0.333. The maximum Gasteiger partial charge on any atom is 0.238 e. The van der Waals surface area contributed by atoms with Crippen molar-refractivity contribution in [1.29, 1.82) is 0 Å². The molecule has 4 N–H and O–H groups in total. The predicted molar refractivity (Wildman–Crippen MR) is 69.3 cm³/mol. The van der Waals surface area contributed by atoms with Crippen molar-refractivity contribution in [3.8, 4) is 0 Å². The maximum absolute atomic E-state index is 11.7. The fourth-order valence-electron chi connectivity index (χ4n) is 1.68. The number of carbonyl (C=O) groups is 2. The molecule has 1 aromatic carbocycles. The number of primary amides is 2. The highest BCUT2D eigenvalue weighted by Gasteiger charge is 2.37. The van der Waals surface area contributed by atoms with Gasteiger partial charge in [0.15, 0.2) is 0 Å². The van der Waals surface area contributed by atoms with Gasteiger partial charge in [-0.1, -0.05) is 37.3 Å². The lowest BCUT2D eigenvalue weighted by Gasteiger charge is -2.28. The molecule has 0 saturated heterocycles. The zero-order valence-electron chi connectivity index (χ0n) is 9.68. The van der Waals surface area contributed by atoms with Crippen molar-refractivity contribution in [2.45, 2.75) is 18.1 Å². The lowest BCUT2D eigenvalue weighted by molar-refractivity contribution is -0.120. The normalized spacial score (nSPS) is 13.9. The Hall–Kier alpha value is -1.49. The molecule has 0 aliphatic rings. The molecule has 0 heterocycles. The fourth-order valence-corrected chi connectivity index (χ4v) is 2.72. The van der Waals surface area contributed by atoms with Crippen molar-refractivity contribution < 1.29 is 9.59 Å². The molecule has 0 saturated carbocycles. The van der Waals surface area contributed by atoms with E-state index in [1.165, 1.54) is 11.8 Å². The molecule has 0 spiro atoms. The molecule has 4 nitrogen and oxygen atoms in total. The molecule has 1 atom stereocenters. The molecule has 1 rings (SSSR count). The van der Waals surface area contributed by atoms with Crippen LogP contribution in [0, 0.1) is 0 Å². The summed E-state index contributed by atoms with van der Waals surface area (Å²) in [5.41, 5.74) is 11.4. The van der Waals surface area contributed by atoms with Gasteiger partial charge in [-0.25, -0.2) is 0 Å². The summed E-state index contributed by atoms with van der Waals surface area (Å²) in [6, 6.07) is 9.22. The van der Waals surface area contributed by atoms with Crippen LogP contribution in [0.2, 0.25) is 0 Å². The minimum Gasteiger partial charge on any atom is -0.369 e. The van der Waals surface area contributed by atoms with Crippen LogP contribution in [0.15, 0.2) is 30.3 Å². The van der Waals surface area contributed by atoms with Crippen molar-refractivity contribution in [2.75, 3.05) is 5.75 Å². The van der Waals surface area contributed by atoms with Crippen molar-refractivity contribution in [1.82, 2.24) is 0 Å². The van der Waals surface area contributed by atoms with E-state index in [1.807, 2.05) is 37.3 Å². The Morgan fingerprint density at radius 3 is 2.24 bits per heavy atom. The SMILES string of the molecule is CC[C@@](SCC(N)=O)(C(N)=O)c1ccccc1. The third-order valence-electron chi connectivity index (χ3n) is 2.60. The number of thioether (sulfide) groups is 1. The predicted octanol–water partition coefficient (Wildman–Crippen LogP) is 0.996. The van der Waals surface area contributed by atoms with Gasteiger partial charge in [-0.15, -0.1) is 11.8 Å². The third-order valence-corrected chi connectivity index (χ3v) is 4.24. The second-order valence-electron chi connectivity index (χ2n) is 3.67. The van der Waals surface area contributed by atoms with Gasteiger partial charge >= 0.3 is 0 Å². The maximum atomic E-state index is 11.7. The van der Waals surface area contributed by atoms with Gasteiger partial charge in [0, 0.05) is 0 Å². The van der Waals surface area contributed by atoms with E-state index in [1.54, 1.807) is 0 Å². The average Bonchev–Trinajstić information content (AvgIpc) is 2.31. The number of rotatable bonds is 6. The number of benzene rings is 1. The van der Waals surface area contributed by atoms with E-state index in [-0.39, 0.29) is 5.75 Å². The summed E-state index contributed by atoms with van der Waals surface area (Å²) in [7, 11) is 0. The molecule has 17 heavy (non-hydrogen) atoms. The van der Waals surface area contributed by atoms with Crippen molar-refractivity contribution in [3.05, 3.63) is 35.9 Å². The number of hydrogen-bond donors (Lipinski definition) is 2. The third kappa shape index (κ3) is 3.00. The minimum absolute atomic E-state index is 0.0751. The van der Waals surface area contributed by atoms with Gasteiger partial charge in [0.2, 0.25) is 11.8 Å². The minimum atomic E-state index is -0.879. The van der Waals surface area contributed by atoms with E-state index in [4.69, 9.17) is 11.5 Å². The standard InChI is InChI=1S/C12H16N2O2S/c1-2-12(11(14)16,17-8-10(13)15)9-6-4-3-5-7-9/h3-7H,2,8H2,1H3,(H2,13,15)(H2,14,16)/t12-/m0/s1. The Bertz CT molecular complexity index is 408. The van der Waals surface area contributed by atoms with E-state index in [0.717, 1.165) is 5.56 Å². The Balaban J connectivity index is 3.09. The van der Waals surface area contributed by atoms with Gasteiger partial charge in [0.05, 0.1) is 5.75 Å². The van der Waals surface area contributed by atoms with E-state index in [2.05, 4.69) is 0 Å². The van der Waals surface area contributed by atoms with Crippen LogP contribution in [0.4, 0.5) is 0 Å². The number of nitrogens with two attached hydrogens (primary N) is 2. The summed E-state index contributed by atoms with van der Waals surface area (Å²) in [4.78, 5) is 22.6. The largest absolute Gasteiger partial charge is 0.369 e. The molecular formula is C12H16N2O2S. The molecule has 92 valence electrons. The Labute approximate surface area is 105 Å². The summed E-state index contributed by atoms with van der Waals surface area (Å²) in [6.45, 7) is 1.87. The first-order valence-electron chi connectivity index (χ1n) is 5.30. The van der Waals surface area contributed by atoms with E-state index in [0.29, 0.717) is 6.42 Å². The smallest absolute Gasteiger partial charge is 0.238 e. The van der Waals surface area contributed by atoms with Gasteiger partial charge in [-0.2, -0.15) is 0 Å². The molecule has 0 radical (unpaired) electrons. The summed E-state index contributed by atoms with van der Waals surface area (Å²) in [5.74, 6) is -0.825. The Kier molecular flexibility index (Phi) is 4.57. The van der Waals surface area contributed by atoms with E-state index >= 15 is 0 Å². The molecule has 2 amide bonds. The topological polar surface area (TPSA) is 86.2 Å². The van der Waals surface area contributed by atoms with Crippen molar-refractivity contribution in [2.24, 2.45) is 11.5 Å². The zero-order valence-corrected chi connectivity index (χ0v) is 10.5. The van der Waals surface area contributed by atoms with Gasteiger partial charge in [-0.05, 0) is 12.0 Å². The summed E-state index contributed by atoms with van der Waals surface area (Å²) < 4.78 is -0.879. The Morgan fingerprint density at radius 1 is 1.24 bits per heavy atom. The average molecular weight is 252 g/mol. The van der Waals surface area contributed by atoms with Crippen LogP contribution in [-0.4, -0.2) is 17.6 Å². The summed E-state index contributed by atoms with van der Waals surface area (Å²) in [6.07, 6.45) is 0.518. The first-order chi connectivity index (χ1) is 8.03. The van der Waals surface area contributed by atoms with Crippen LogP contribution >= 0.6 is 11.8 Å². The van der Waals surface area contributed by atoms with Gasteiger partial charge in [0.25, 0.3) is 0 Å². The molecule has 0 bridgehead atoms. The van der Waals surface area contributed by atoms with Crippen LogP contribution in [0.1, 0.15) is 18.9 Å². The van der Waals surface area contributed by atoms with Crippen LogP contribution in [0.5, 0.6) is 0 Å². The number of carbonyl (C=O) groups excluding carboxylic acids is 2. The van der Waals surface area contributed by atoms with Gasteiger partial charge in [0.1, 0.15) is 4.75 Å². The van der Waals surface area contributed by atoms with Gasteiger partial charge < -0.3 is 11.5 Å². The first kappa shape index (κ1) is 13.6. The zero-order chi connectivity index (χ0) is 12.9. The first-order valence-corrected chi connectivity index (χ1v) is 6.29. The van der Waals surface area contributed by atoms with Crippen LogP contribution in [-0.2, 0) is 14.3 Å².